The molecule has 70 valence electrons. The van der Waals surface area contributed by atoms with Gasteiger partial charge in [0.15, 0.2) is 5.69 Å². The number of hydrogen-bond acceptors (Lipinski definition) is 4. The minimum atomic E-state index is -0.539. The third kappa shape index (κ3) is 1.66. The first-order valence-electron chi connectivity index (χ1n) is 3.53. The van der Waals surface area contributed by atoms with Crippen LogP contribution in [-0.2, 0) is 11.8 Å². The van der Waals surface area contributed by atoms with Crippen LogP contribution in [0.1, 0.15) is 16.2 Å². The second-order valence-corrected chi connectivity index (χ2v) is 2.44. The highest BCUT2D eigenvalue weighted by molar-refractivity contribution is 5.96. The first-order chi connectivity index (χ1) is 6.06. The number of methoxy groups -OCH3 is 1. The molecule has 0 fully saturated rings. The maximum absolute atomic E-state index is 11.0. The van der Waals surface area contributed by atoms with E-state index in [2.05, 4.69) is 9.84 Å². The summed E-state index contributed by atoms with van der Waals surface area (Å²) in [6.07, 6.45) is 0. The number of rotatable bonds is 2. The summed E-state index contributed by atoms with van der Waals surface area (Å²) in [5, 5.41) is 11.0. The number of aromatic nitrogens is 2. The zero-order chi connectivity index (χ0) is 10.0. The molecule has 0 unspecified atom stereocenters. The average molecular weight is 182 g/mol. The minimum absolute atomic E-state index is 0.134. The molecule has 6 heteroatoms. The number of nitrogens with zero attached hydrogens (tertiary/aromatic N) is 2. The molecule has 6 nitrogen and oxygen atoms in total. The Kier molecular flexibility index (Phi) is 2.32. The average Bonchev–Trinajstić information content (AvgIpc) is 2.46. The zero-order valence-electron chi connectivity index (χ0n) is 7.37. The lowest BCUT2D eigenvalue weighted by atomic mass is 10.3. The van der Waals surface area contributed by atoms with Crippen LogP contribution in [-0.4, -0.2) is 28.7 Å². The molecular weight excluding hydrogens is 172 g/mol. The number of aryl methyl sites for hydroxylation is 1. The van der Waals surface area contributed by atoms with Crippen molar-refractivity contribution in [3.8, 4) is 0 Å². The second-order valence-electron chi connectivity index (χ2n) is 2.44. The Bertz CT molecular complexity index is 355. The molecule has 1 rings (SSSR count). The summed E-state index contributed by atoms with van der Waals surface area (Å²) < 4.78 is 5.81. The Hall–Kier alpha value is -1.85. The number of nitrogens with two attached hydrogens (primary N) is 1. The molecule has 0 aliphatic carbocycles. The van der Waals surface area contributed by atoms with E-state index in [-0.39, 0.29) is 11.5 Å². The molecular formula is C7H10N4O2. The topological polar surface area (TPSA) is 94.0 Å². The lowest BCUT2D eigenvalue weighted by Crippen LogP contribution is -2.15. The summed E-state index contributed by atoms with van der Waals surface area (Å²) in [5.74, 6) is -0.673. The van der Waals surface area contributed by atoms with Crippen LogP contribution in [0.25, 0.3) is 0 Å². The molecule has 0 radical (unpaired) electrons. The Balaban J connectivity index is 3.09. The van der Waals surface area contributed by atoms with Crippen LogP contribution in [0.3, 0.4) is 0 Å². The fraction of sp³-hybridized carbons (Fsp3) is 0.286. The van der Waals surface area contributed by atoms with Crippen LogP contribution in [0.4, 0.5) is 0 Å². The van der Waals surface area contributed by atoms with Crippen LogP contribution < -0.4 is 5.73 Å². The van der Waals surface area contributed by atoms with Crippen molar-refractivity contribution in [2.24, 2.45) is 12.8 Å². The van der Waals surface area contributed by atoms with E-state index in [1.807, 2.05) is 0 Å². The molecule has 13 heavy (non-hydrogen) atoms. The van der Waals surface area contributed by atoms with Crippen molar-refractivity contribution in [2.45, 2.75) is 0 Å². The zero-order valence-corrected chi connectivity index (χ0v) is 7.37. The second kappa shape index (κ2) is 3.26. The molecule has 0 aromatic carbocycles. The van der Waals surface area contributed by atoms with E-state index in [0.29, 0.717) is 5.69 Å². The minimum Gasteiger partial charge on any atom is -0.464 e. The van der Waals surface area contributed by atoms with Gasteiger partial charge in [0.2, 0.25) is 0 Å². The van der Waals surface area contributed by atoms with Gasteiger partial charge in [0.25, 0.3) is 0 Å². The summed E-state index contributed by atoms with van der Waals surface area (Å²) in [6.45, 7) is 0. The smallest absolute Gasteiger partial charge is 0.358 e. The van der Waals surface area contributed by atoms with Crippen molar-refractivity contribution in [3.05, 3.63) is 17.5 Å². The summed E-state index contributed by atoms with van der Waals surface area (Å²) in [4.78, 5) is 11.0. The molecule has 1 heterocycles. The first kappa shape index (κ1) is 9.24. The van der Waals surface area contributed by atoms with Gasteiger partial charge >= 0.3 is 5.97 Å². The SMILES string of the molecule is COC(=O)c1cc(C(=N)N)n(C)n1. The maximum atomic E-state index is 11.0. The Morgan fingerprint density at radius 2 is 2.38 bits per heavy atom. The summed E-state index contributed by atoms with van der Waals surface area (Å²) in [6, 6.07) is 1.41. The molecule has 0 saturated heterocycles. The quantitative estimate of drug-likeness (QED) is 0.366. The fourth-order valence-corrected chi connectivity index (χ4v) is 0.924. The van der Waals surface area contributed by atoms with E-state index < -0.39 is 5.97 Å². The van der Waals surface area contributed by atoms with Crippen LogP contribution in [0.15, 0.2) is 6.07 Å². The van der Waals surface area contributed by atoms with E-state index in [1.165, 1.54) is 17.9 Å². The number of esters is 1. The highest BCUT2D eigenvalue weighted by Gasteiger charge is 2.13. The maximum Gasteiger partial charge on any atom is 0.358 e. The Morgan fingerprint density at radius 1 is 1.77 bits per heavy atom. The van der Waals surface area contributed by atoms with Crippen molar-refractivity contribution in [1.29, 1.82) is 5.41 Å². The summed E-state index contributed by atoms with van der Waals surface area (Å²) >= 11 is 0. The van der Waals surface area contributed by atoms with Crippen LogP contribution in [0.2, 0.25) is 0 Å². The van der Waals surface area contributed by atoms with Gasteiger partial charge in [-0.3, -0.25) is 10.1 Å². The molecule has 0 atom stereocenters. The molecule has 0 aliphatic heterocycles. The van der Waals surface area contributed by atoms with Gasteiger partial charge in [-0.2, -0.15) is 5.10 Å². The fourth-order valence-electron chi connectivity index (χ4n) is 0.924. The highest BCUT2D eigenvalue weighted by Crippen LogP contribution is 2.03. The molecule has 0 saturated carbocycles. The largest absolute Gasteiger partial charge is 0.464 e. The Morgan fingerprint density at radius 3 is 2.77 bits per heavy atom. The predicted molar refractivity (Wildman–Crippen MR) is 45.6 cm³/mol. The van der Waals surface area contributed by atoms with Crippen molar-refractivity contribution in [2.75, 3.05) is 7.11 Å². The molecule has 0 bridgehead atoms. The number of ether oxygens (including phenoxy) is 1. The Labute approximate surface area is 74.8 Å². The summed E-state index contributed by atoms with van der Waals surface area (Å²) in [5.41, 5.74) is 5.78. The van der Waals surface area contributed by atoms with Crippen molar-refractivity contribution in [3.63, 3.8) is 0 Å². The third-order valence-electron chi connectivity index (χ3n) is 1.55. The van der Waals surface area contributed by atoms with Gasteiger partial charge in [-0.05, 0) is 0 Å². The van der Waals surface area contributed by atoms with E-state index in [1.54, 1.807) is 7.05 Å². The van der Waals surface area contributed by atoms with Crippen LogP contribution in [0, 0.1) is 5.41 Å². The molecule has 0 aliphatic rings. The van der Waals surface area contributed by atoms with E-state index in [9.17, 15) is 4.79 Å². The normalized spacial score (nSPS) is 9.69. The van der Waals surface area contributed by atoms with Gasteiger partial charge in [0, 0.05) is 13.1 Å². The van der Waals surface area contributed by atoms with Crippen molar-refractivity contribution < 1.29 is 9.53 Å². The van der Waals surface area contributed by atoms with Gasteiger partial charge in [-0.25, -0.2) is 4.79 Å². The standard InChI is InChI=1S/C7H10N4O2/c1-11-5(6(8)9)3-4(10-11)7(12)13-2/h3H,1-2H3,(H3,8,9). The van der Waals surface area contributed by atoms with Crippen LogP contribution in [0.5, 0.6) is 0 Å². The monoisotopic (exact) mass is 182 g/mol. The van der Waals surface area contributed by atoms with E-state index in [0.717, 1.165) is 0 Å². The molecule has 1 aromatic heterocycles. The van der Waals surface area contributed by atoms with Gasteiger partial charge < -0.3 is 10.5 Å². The number of hydrogen-bond donors (Lipinski definition) is 2. The molecule has 1 aromatic rings. The lowest BCUT2D eigenvalue weighted by molar-refractivity contribution is 0.0593. The summed E-state index contributed by atoms with van der Waals surface area (Å²) in [7, 11) is 2.87. The lowest BCUT2D eigenvalue weighted by Gasteiger charge is -1.95. The van der Waals surface area contributed by atoms with Gasteiger partial charge in [-0.15, -0.1) is 0 Å². The predicted octanol–water partition coefficient (Wildman–Crippen LogP) is -0.509. The number of carbonyl (C=O) groups excluding carboxylic acids is 1. The van der Waals surface area contributed by atoms with Gasteiger partial charge in [0.05, 0.1) is 7.11 Å². The molecule has 0 spiro atoms. The first-order valence-corrected chi connectivity index (χ1v) is 3.53. The van der Waals surface area contributed by atoms with Crippen molar-refractivity contribution in [1.82, 2.24) is 9.78 Å². The highest BCUT2D eigenvalue weighted by atomic mass is 16.5. The number of nitrogens with one attached hydrogen (secondary N) is 1. The van der Waals surface area contributed by atoms with E-state index in [4.69, 9.17) is 11.1 Å². The number of nitrogen functional groups attached to an aromatic ring is 1. The molecule has 0 amide bonds. The van der Waals surface area contributed by atoms with Crippen molar-refractivity contribution >= 4 is 11.8 Å². The third-order valence-corrected chi connectivity index (χ3v) is 1.55. The van der Waals surface area contributed by atoms with Gasteiger partial charge in [-0.1, -0.05) is 0 Å². The van der Waals surface area contributed by atoms with E-state index >= 15 is 0 Å². The van der Waals surface area contributed by atoms with Gasteiger partial charge in [0.1, 0.15) is 11.5 Å². The number of amidine groups is 1. The molecule has 3 N–H and O–H groups in total. The van der Waals surface area contributed by atoms with Crippen LogP contribution >= 0.6 is 0 Å². The number of carbonyl (C=O) groups is 1.